The molecule has 0 aliphatic heterocycles. The molecule has 0 unspecified atom stereocenters. The summed E-state index contributed by atoms with van der Waals surface area (Å²) in [5.74, 6) is -0.0295. The van der Waals surface area contributed by atoms with Crippen LogP contribution in [-0.2, 0) is 28.7 Å². The Balaban J connectivity index is 1.99. The summed E-state index contributed by atoms with van der Waals surface area (Å²) in [6.45, 7) is 0.386. The SMILES string of the molecule is COCc1nn(CC[S@](=O)c2ccccc2)c(=O)o1. The molecule has 0 amide bonds. The van der Waals surface area contributed by atoms with E-state index in [1.165, 1.54) is 7.11 Å². The van der Waals surface area contributed by atoms with Gasteiger partial charge in [0.05, 0.1) is 17.3 Å². The Bertz CT molecular complexity index is 606. The third-order valence-corrected chi connectivity index (χ3v) is 3.76. The summed E-state index contributed by atoms with van der Waals surface area (Å²) in [5.41, 5.74) is 0. The topological polar surface area (TPSA) is 74.3 Å². The zero-order valence-electron chi connectivity index (χ0n) is 10.4. The zero-order chi connectivity index (χ0) is 13.7. The van der Waals surface area contributed by atoms with Crippen LogP contribution < -0.4 is 5.76 Å². The van der Waals surface area contributed by atoms with Crippen molar-refractivity contribution in [1.29, 1.82) is 0 Å². The third-order valence-electron chi connectivity index (χ3n) is 2.41. The summed E-state index contributed by atoms with van der Waals surface area (Å²) in [6.07, 6.45) is 0. The van der Waals surface area contributed by atoms with Crippen LogP contribution in [0.15, 0.2) is 44.4 Å². The standard InChI is InChI=1S/C12H14N2O4S/c1-17-9-11-13-14(12(15)18-11)7-8-19(16)10-5-3-2-4-6-10/h2-6H,7-9H2,1H3/t19-/m0/s1. The minimum absolute atomic E-state index is 0.143. The Labute approximate surface area is 112 Å². The molecule has 1 heterocycles. The number of methoxy groups -OCH3 is 1. The van der Waals surface area contributed by atoms with Gasteiger partial charge in [-0.25, -0.2) is 4.79 Å². The first-order valence-electron chi connectivity index (χ1n) is 5.70. The van der Waals surface area contributed by atoms with Crippen LogP contribution in [0.1, 0.15) is 5.89 Å². The molecule has 0 aliphatic rings. The number of hydrogen-bond acceptors (Lipinski definition) is 5. The maximum Gasteiger partial charge on any atom is 0.437 e. The average molecular weight is 282 g/mol. The predicted octanol–water partition coefficient (Wildman–Crippen LogP) is 0.791. The van der Waals surface area contributed by atoms with Gasteiger partial charge in [-0.2, -0.15) is 4.68 Å². The highest BCUT2D eigenvalue weighted by Gasteiger charge is 2.09. The van der Waals surface area contributed by atoms with Gasteiger partial charge in [0.2, 0.25) is 5.89 Å². The number of nitrogens with zero attached hydrogens (tertiary/aromatic N) is 2. The molecule has 1 atom stereocenters. The van der Waals surface area contributed by atoms with Gasteiger partial charge in [0, 0.05) is 17.8 Å². The molecule has 19 heavy (non-hydrogen) atoms. The van der Waals surface area contributed by atoms with Gasteiger partial charge in [0.25, 0.3) is 0 Å². The maximum atomic E-state index is 12.0. The van der Waals surface area contributed by atoms with E-state index in [2.05, 4.69) is 5.10 Å². The van der Waals surface area contributed by atoms with Gasteiger partial charge >= 0.3 is 5.76 Å². The van der Waals surface area contributed by atoms with Crippen molar-refractivity contribution in [2.45, 2.75) is 18.0 Å². The molecule has 0 N–H and O–H groups in total. The van der Waals surface area contributed by atoms with Crippen molar-refractivity contribution >= 4 is 10.8 Å². The molecule has 0 radical (unpaired) electrons. The number of ether oxygens (including phenoxy) is 1. The second kappa shape index (κ2) is 6.44. The fourth-order valence-corrected chi connectivity index (χ4v) is 2.57. The molecule has 0 spiro atoms. The van der Waals surface area contributed by atoms with E-state index in [1.54, 1.807) is 12.1 Å². The van der Waals surface area contributed by atoms with Crippen LogP contribution in [0.2, 0.25) is 0 Å². The van der Waals surface area contributed by atoms with E-state index < -0.39 is 16.6 Å². The van der Waals surface area contributed by atoms with Crippen LogP contribution in [0.5, 0.6) is 0 Å². The third kappa shape index (κ3) is 3.62. The van der Waals surface area contributed by atoms with E-state index in [9.17, 15) is 9.00 Å². The van der Waals surface area contributed by atoms with Crippen LogP contribution in [0, 0.1) is 0 Å². The van der Waals surface area contributed by atoms with E-state index in [0.717, 1.165) is 9.58 Å². The summed E-state index contributed by atoms with van der Waals surface area (Å²) in [4.78, 5) is 12.2. The van der Waals surface area contributed by atoms with Gasteiger partial charge in [0.1, 0.15) is 6.61 Å². The lowest BCUT2D eigenvalue weighted by atomic mass is 10.4. The maximum absolute atomic E-state index is 12.0. The van der Waals surface area contributed by atoms with Crippen molar-refractivity contribution in [2.75, 3.05) is 12.9 Å². The van der Waals surface area contributed by atoms with Crippen molar-refractivity contribution < 1.29 is 13.4 Å². The Hall–Kier alpha value is -1.73. The predicted molar refractivity (Wildman–Crippen MR) is 69.2 cm³/mol. The van der Waals surface area contributed by atoms with Crippen molar-refractivity contribution in [3.8, 4) is 0 Å². The van der Waals surface area contributed by atoms with Gasteiger partial charge < -0.3 is 9.15 Å². The first kappa shape index (κ1) is 13.7. The van der Waals surface area contributed by atoms with Crippen molar-refractivity contribution in [3.63, 3.8) is 0 Å². The molecular formula is C12H14N2O4S. The molecule has 1 aromatic carbocycles. The molecule has 0 bridgehead atoms. The van der Waals surface area contributed by atoms with Crippen LogP contribution in [-0.4, -0.2) is 26.9 Å². The first-order valence-corrected chi connectivity index (χ1v) is 7.02. The number of benzene rings is 1. The number of aromatic nitrogens is 2. The summed E-state index contributed by atoms with van der Waals surface area (Å²) in [5, 5.41) is 3.94. The fraction of sp³-hybridized carbons (Fsp3) is 0.333. The minimum Gasteiger partial charge on any atom is -0.390 e. The second-order valence-corrected chi connectivity index (χ2v) is 5.35. The zero-order valence-corrected chi connectivity index (χ0v) is 11.3. The summed E-state index contributed by atoms with van der Waals surface area (Å²) >= 11 is 0. The lowest BCUT2D eigenvalue weighted by molar-refractivity contribution is 0.158. The lowest BCUT2D eigenvalue weighted by Crippen LogP contribution is -2.19. The summed E-state index contributed by atoms with van der Waals surface area (Å²) < 4.78 is 22.8. The molecule has 6 nitrogen and oxygen atoms in total. The number of rotatable bonds is 6. The Morgan fingerprint density at radius 2 is 2.11 bits per heavy atom. The average Bonchev–Trinajstić information content (AvgIpc) is 2.78. The highest BCUT2D eigenvalue weighted by molar-refractivity contribution is 7.85. The molecule has 2 aromatic rings. The fourth-order valence-electron chi connectivity index (χ4n) is 1.53. The van der Waals surface area contributed by atoms with E-state index >= 15 is 0 Å². The summed E-state index contributed by atoms with van der Waals surface area (Å²) in [7, 11) is 0.330. The van der Waals surface area contributed by atoms with Gasteiger partial charge in [-0.15, -0.1) is 5.10 Å². The molecule has 0 saturated carbocycles. The van der Waals surface area contributed by atoms with Gasteiger partial charge in [0.15, 0.2) is 0 Å². The smallest absolute Gasteiger partial charge is 0.390 e. The molecule has 1 aromatic heterocycles. The molecule has 7 heteroatoms. The molecule has 0 fully saturated rings. The Kier molecular flexibility index (Phi) is 4.64. The minimum atomic E-state index is -1.16. The summed E-state index contributed by atoms with van der Waals surface area (Å²) in [6, 6.07) is 9.09. The molecule has 102 valence electrons. The molecule has 2 rings (SSSR count). The first-order chi connectivity index (χ1) is 9.20. The Morgan fingerprint density at radius 1 is 1.37 bits per heavy atom. The van der Waals surface area contributed by atoms with Crippen LogP contribution in [0.3, 0.4) is 0 Å². The highest BCUT2D eigenvalue weighted by Crippen LogP contribution is 2.05. The quantitative estimate of drug-likeness (QED) is 0.783. The van der Waals surface area contributed by atoms with E-state index in [-0.39, 0.29) is 19.0 Å². The molecule has 0 aliphatic carbocycles. The Morgan fingerprint density at radius 3 is 2.79 bits per heavy atom. The van der Waals surface area contributed by atoms with Crippen molar-refractivity contribution in [3.05, 3.63) is 46.8 Å². The second-order valence-electron chi connectivity index (χ2n) is 3.78. The number of hydrogen-bond donors (Lipinski definition) is 0. The van der Waals surface area contributed by atoms with Crippen molar-refractivity contribution in [1.82, 2.24) is 9.78 Å². The lowest BCUT2D eigenvalue weighted by Gasteiger charge is -2.00. The van der Waals surface area contributed by atoms with Crippen LogP contribution >= 0.6 is 0 Å². The van der Waals surface area contributed by atoms with Gasteiger partial charge in [-0.3, -0.25) is 4.21 Å². The van der Waals surface area contributed by atoms with Crippen LogP contribution in [0.25, 0.3) is 0 Å². The molecular weight excluding hydrogens is 268 g/mol. The van der Waals surface area contributed by atoms with Gasteiger partial charge in [-0.1, -0.05) is 18.2 Å². The van der Waals surface area contributed by atoms with E-state index in [1.807, 2.05) is 18.2 Å². The van der Waals surface area contributed by atoms with E-state index in [4.69, 9.17) is 9.15 Å². The molecule has 0 saturated heterocycles. The monoisotopic (exact) mass is 282 g/mol. The van der Waals surface area contributed by atoms with Gasteiger partial charge in [-0.05, 0) is 12.1 Å². The largest absolute Gasteiger partial charge is 0.437 e. The number of aryl methyl sites for hydroxylation is 1. The van der Waals surface area contributed by atoms with E-state index in [0.29, 0.717) is 5.75 Å². The normalized spacial score (nSPS) is 12.5. The highest BCUT2D eigenvalue weighted by atomic mass is 32.2. The van der Waals surface area contributed by atoms with Crippen molar-refractivity contribution in [2.24, 2.45) is 0 Å². The van der Waals surface area contributed by atoms with Crippen LogP contribution in [0.4, 0.5) is 0 Å².